The molecular weight excluding hydrogens is 318 g/mol. The Kier molecular flexibility index (Phi) is 4.35. The van der Waals surface area contributed by atoms with Crippen LogP contribution in [0.15, 0.2) is 6.33 Å². The number of nitriles is 1. The summed E-state index contributed by atoms with van der Waals surface area (Å²) >= 11 is 0. The predicted molar refractivity (Wildman–Crippen MR) is 80.9 cm³/mol. The highest BCUT2D eigenvalue weighted by Crippen LogP contribution is 2.29. The third-order valence-electron chi connectivity index (χ3n) is 4.54. The van der Waals surface area contributed by atoms with Gasteiger partial charge in [-0.05, 0) is 19.3 Å². The van der Waals surface area contributed by atoms with E-state index >= 15 is 0 Å². The van der Waals surface area contributed by atoms with Crippen LogP contribution in [-0.2, 0) is 21.2 Å². The zero-order chi connectivity index (χ0) is 16.4. The molecule has 0 aromatic carbocycles. The van der Waals surface area contributed by atoms with Crippen molar-refractivity contribution in [2.24, 2.45) is 0 Å². The van der Waals surface area contributed by atoms with Crippen molar-refractivity contribution in [1.82, 2.24) is 19.7 Å². The Morgan fingerprint density at radius 2 is 2.09 bits per heavy atom. The summed E-state index contributed by atoms with van der Waals surface area (Å²) in [5.74, 6) is 0.0774. The number of amides is 1. The first kappa shape index (κ1) is 15.9. The maximum atomic E-state index is 12.8. The largest absolute Gasteiger partial charge is 0.334 e. The summed E-state index contributed by atoms with van der Waals surface area (Å²) in [6.07, 6.45) is 5.83. The Labute approximate surface area is 135 Å². The first-order valence-corrected chi connectivity index (χ1v) is 9.62. The van der Waals surface area contributed by atoms with Crippen molar-refractivity contribution < 1.29 is 13.2 Å². The first-order valence-electron chi connectivity index (χ1n) is 7.79. The average molecular weight is 337 g/mol. The van der Waals surface area contributed by atoms with Gasteiger partial charge in [-0.2, -0.15) is 5.26 Å². The molecule has 124 valence electrons. The fourth-order valence-corrected chi connectivity index (χ4v) is 5.24. The lowest BCUT2D eigenvalue weighted by Crippen LogP contribution is -2.48. The minimum absolute atomic E-state index is 0.0122. The van der Waals surface area contributed by atoms with Gasteiger partial charge < -0.3 is 4.90 Å². The zero-order valence-corrected chi connectivity index (χ0v) is 13.6. The minimum Gasteiger partial charge on any atom is -0.334 e. The van der Waals surface area contributed by atoms with E-state index in [1.807, 2.05) is 6.07 Å². The number of sulfone groups is 1. The number of carbonyl (C=O) groups is 1. The van der Waals surface area contributed by atoms with Gasteiger partial charge in [0.15, 0.2) is 9.84 Å². The van der Waals surface area contributed by atoms with E-state index in [1.165, 1.54) is 11.0 Å². The maximum Gasteiger partial charge on any atom is 0.252 e. The number of hydrogen-bond donors (Lipinski definition) is 0. The molecule has 1 aliphatic heterocycles. The third-order valence-corrected chi connectivity index (χ3v) is 6.29. The quantitative estimate of drug-likeness (QED) is 0.771. The Hall–Kier alpha value is -1.95. The number of hydrogen-bond acceptors (Lipinski definition) is 6. The molecule has 1 saturated carbocycles. The smallest absolute Gasteiger partial charge is 0.252 e. The Morgan fingerprint density at radius 1 is 1.35 bits per heavy atom. The normalized spacial score (nSPS) is 23.7. The van der Waals surface area contributed by atoms with E-state index in [9.17, 15) is 13.2 Å². The monoisotopic (exact) mass is 337 g/mol. The molecule has 0 spiro atoms. The van der Waals surface area contributed by atoms with E-state index in [-0.39, 0.29) is 41.9 Å². The Bertz CT molecular complexity index is 730. The highest BCUT2D eigenvalue weighted by atomic mass is 32.2. The highest BCUT2D eigenvalue weighted by molar-refractivity contribution is 7.91. The van der Waals surface area contributed by atoms with Crippen molar-refractivity contribution in [2.45, 2.75) is 50.7 Å². The summed E-state index contributed by atoms with van der Waals surface area (Å²) in [7, 11) is -3.05. The van der Waals surface area contributed by atoms with Gasteiger partial charge in [0.25, 0.3) is 5.82 Å². The van der Waals surface area contributed by atoms with Crippen LogP contribution in [0.1, 0.15) is 37.9 Å². The van der Waals surface area contributed by atoms with Crippen molar-refractivity contribution >= 4 is 15.7 Å². The SMILES string of the molecule is N#Cc1ncn(CC(=O)N(C2CCCC2)[C@H]2CCS(=O)(=O)C2)n1. The van der Waals surface area contributed by atoms with E-state index in [2.05, 4.69) is 10.1 Å². The molecule has 0 unspecified atom stereocenters. The van der Waals surface area contributed by atoms with Crippen LogP contribution in [-0.4, -0.2) is 57.6 Å². The first-order chi connectivity index (χ1) is 11.0. The molecule has 23 heavy (non-hydrogen) atoms. The molecule has 0 radical (unpaired) electrons. The molecule has 9 heteroatoms. The van der Waals surface area contributed by atoms with Crippen LogP contribution in [0.2, 0.25) is 0 Å². The van der Waals surface area contributed by atoms with Crippen LogP contribution < -0.4 is 0 Å². The standard InChI is InChI=1S/C14H19N5O3S/c15-7-13-16-10-18(17-13)8-14(20)19(11-3-1-2-4-11)12-5-6-23(21,22)9-12/h10-12H,1-6,8-9H2/t12-/m0/s1. The molecule has 2 fully saturated rings. The fourth-order valence-electron chi connectivity index (χ4n) is 3.52. The van der Waals surface area contributed by atoms with Gasteiger partial charge in [-0.1, -0.05) is 12.8 Å². The van der Waals surface area contributed by atoms with Crippen molar-refractivity contribution in [3.8, 4) is 6.07 Å². The van der Waals surface area contributed by atoms with Gasteiger partial charge >= 0.3 is 0 Å². The molecule has 2 heterocycles. The van der Waals surface area contributed by atoms with E-state index in [0.29, 0.717) is 6.42 Å². The highest BCUT2D eigenvalue weighted by Gasteiger charge is 2.39. The second-order valence-corrected chi connectivity index (χ2v) is 8.40. The van der Waals surface area contributed by atoms with Crippen LogP contribution >= 0.6 is 0 Å². The van der Waals surface area contributed by atoms with Crippen molar-refractivity contribution in [3.05, 3.63) is 12.2 Å². The molecular formula is C14H19N5O3S. The van der Waals surface area contributed by atoms with Gasteiger partial charge in [-0.3, -0.25) is 4.79 Å². The summed E-state index contributed by atoms with van der Waals surface area (Å²) in [6.45, 7) is -0.0122. The molecule has 1 amide bonds. The molecule has 2 aliphatic rings. The van der Waals surface area contributed by atoms with Gasteiger partial charge in [0.2, 0.25) is 5.91 Å². The summed E-state index contributed by atoms with van der Waals surface area (Å²) in [5.41, 5.74) is 0. The van der Waals surface area contributed by atoms with Crippen LogP contribution in [0.3, 0.4) is 0 Å². The molecule has 0 bridgehead atoms. The van der Waals surface area contributed by atoms with E-state index < -0.39 is 9.84 Å². The number of nitrogens with zero attached hydrogens (tertiary/aromatic N) is 5. The maximum absolute atomic E-state index is 12.8. The molecule has 1 aromatic heterocycles. The van der Waals surface area contributed by atoms with Crippen LogP contribution in [0.4, 0.5) is 0 Å². The van der Waals surface area contributed by atoms with Gasteiger partial charge in [-0.25, -0.2) is 18.1 Å². The molecule has 8 nitrogen and oxygen atoms in total. The summed E-state index contributed by atoms with van der Waals surface area (Å²) in [6, 6.07) is 1.69. The van der Waals surface area contributed by atoms with Crippen molar-refractivity contribution in [1.29, 1.82) is 5.26 Å². The summed E-state index contributed by atoms with van der Waals surface area (Å²) in [5, 5.41) is 12.7. The summed E-state index contributed by atoms with van der Waals surface area (Å²) < 4.78 is 24.9. The molecule has 1 aromatic rings. The fraction of sp³-hybridized carbons (Fsp3) is 0.714. The van der Waals surface area contributed by atoms with Gasteiger partial charge in [-0.15, -0.1) is 5.10 Å². The molecule has 1 saturated heterocycles. The van der Waals surface area contributed by atoms with Crippen LogP contribution in [0.25, 0.3) is 0 Å². The second kappa shape index (κ2) is 6.28. The minimum atomic E-state index is -3.05. The topological polar surface area (TPSA) is 109 Å². The Morgan fingerprint density at radius 3 is 2.65 bits per heavy atom. The van der Waals surface area contributed by atoms with Crippen molar-refractivity contribution in [3.63, 3.8) is 0 Å². The lowest BCUT2D eigenvalue weighted by atomic mass is 10.1. The van der Waals surface area contributed by atoms with Gasteiger partial charge in [0.05, 0.1) is 11.5 Å². The summed E-state index contributed by atoms with van der Waals surface area (Å²) in [4.78, 5) is 18.3. The average Bonchev–Trinajstić information content (AvgIpc) is 3.21. The van der Waals surface area contributed by atoms with Gasteiger partial charge in [0, 0.05) is 12.1 Å². The Balaban J connectivity index is 1.77. The third kappa shape index (κ3) is 3.52. The van der Waals surface area contributed by atoms with E-state index in [0.717, 1.165) is 25.7 Å². The predicted octanol–water partition coefficient (Wildman–Crippen LogP) is 0.108. The van der Waals surface area contributed by atoms with Crippen LogP contribution in [0.5, 0.6) is 0 Å². The second-order valence-electron chi connectivity index (χ2n) is 6.17. The van der Waals surface area contributed by atoms with Crippen LogP contribution in [0, 0.1) is 11.3 Å². The molecule has 1 aliphatic carbocycles. The molecule has 0 N–H and O–H groups in total. The zero-order valence-electron chi connectivity index (χ0n) is 12.8. The lowest BCUT2D eigenvalue weighted by Gasteiger charge is -2.34. The number of rotatable bonds is 4. The molecule has 3 rings (SSSR count). The number of carbonyl (C=O) groups excluding carboxylic acids is 1. The van der Waals surface area contributed by atoms with E-state index in [4.69, 9.17) is 5.26 Å². The molecule has 1 atom stereocenters. The van der Waals surface area contributed by atoms with Crippen molar-refractivity contribution in [2.75, 3.05) is 11.5 Å². The number of aromatic nitrogens is 3. The van der Waals surface area contributed by atoms with E-state index in [1.54, 1.807) is 4.90 Å². The lowest BCUT2D eigenvalue weighted by molar-refractivity contribution is -0.136. The van der Waals surface area contributed by atoms with Gasteiger partial charge in [0.1, 0.15) is 18.9 Å².